The van der Waals surface area contributed by atoms with Gasteiger partial charge in [0.2, 0.25) is 0 Å². The normalized spacial score (nSPS) is 14.6. The van der Waals surface area contributed by atoms with Crippen molar-refractivity contribution >= 4 is 23.4 Å². The Morgan fingerprint density at radius 1 is 1.11 bits per heavy atom. The number of benzene rings is 2. The minimum Gasteiger partial charge on any atom is -0.484 e. The average Bonchev–Trinajstić information content (AvgIpc) is 2.68. The monoisotopic (exact) mass is 408 g/mol. The highest BCUT2D eigenvalue weighted by Crippen LogP contribution is 2.18. The van der Waals surface area contributed by atoms with Crippen LogP contribution in [-0.4, -0.2) is 42.5 Å². The van der Waals surface area contributed by atoms with E-state index in [0.29, 0.717) is 42.8 Å². The first-order valence-electron chi connectivity index (χ1n) is 8.84. The summed E-state index contributed by atoms with van der Waals surface area (Å²) < 4.78 is 32.2. The van der Waals surface area contributed by atoms with E-state index in [2.05, 4.69) is 5.32 Å². The lowest BCUT2D eigenvalue weighted by Gasteiger charge is -2.32. The van der Waals surface area contributed by atoms with E-state index in [-0.39, 0.29) is 24.1 Å². The first-order chi connectivity index (χ1) is 13.4. The van der Waals surface area contributed by atoms with E-state index in [1.54, 1.807) is 24.3 Å². The molecule has 5 nitrogen and oxygen atoms in total. The first kappa shape index (κ1) is 20.1. The predicted molar refractivity (Wildman–Crippen MR) is 100 cm³/mol. The van der Waals surface area contributed by atoms with E-state index in [1.807, 2.05) is 0 Å². The number of hydrogen-bond acceptors (Lipinski definition) is 3. The van der Waals surface area contributed by atoms with Crippen molar-refractivity contribution < 1.29 is 23.1 Å². The van der Waals surface area contributed by atoms with Crippen LogP contribution in [0.4, 0.5) is 8.78 Å². The molecule has 2 aromatic carbocycles. The topological polar surface area (TPSA) is 58.6 Å². The zero-order valence-electron chi connectivity index (χ0n) is 15.0. The van der Waals surface area contributed by atoms with Crippen molar-refractivity contribution in [3.63, 3.8) is 0 Å². The highest BCUT2D eigenvalue weighted by molar-refractivity contribution is 6.30. The van der Waals surface area contributed by atoms with Gasteiger partial charge in [-0.15, -0.1) is 0 Å². The first-order valence-corrected chi connectivity index (χ1v) is 9.22. The third-order valence-electron chi connectivity index (χ3n) is 4.49. The summed E-state index contributed by atoms with van der Waals surface area (Å²) in [5.41, 5.74) is -0.153. The van der Waals surface area contributed by atoms with Crippen LogP contribution in [0.3, 0.4) is 0 Å². The molecule has 1 aliphatic rings. The van der Waals surface area contributed by atoms with Crippen molar-refractivity contribution in [2.45, 2.75) is 18.9 Å². The van der Waals surface area contributed by atoms with Crippen LogP contribution in [0.15, 0.2) is 42.5 Å². The van der Waals surface area contributed by atoms with Gasteiger partial charge < -0.3 is 15.0 Å². The van der Waals surface area contributed by atoms with Gasteiger partial charge in [0.05, 0.1) is 5.56 Å². The second-order valence-electron chi connectivity index (χ2n) is 6.50. The molecule has 0 spiro atoms. The minimum absolute atomic E-state index is 0.0940. The number of hydrogen-bond donors (Lipinski definition) is 1. The summed E-state index contributed by atoms with van der Waals surface area (Å²) in [6.45, 7) is 0.624. The number of ether oxygens (including phenoxy) is 1. The molecule has 2 aromatic rings. The molecule has 1 N–H and O–H groups in total. The number of halogens is 3. The number of amides is 2. The molecular formula is C20H19ClF2N2O3. The smallest absolute Gasteiger partial charge is 0.258 e. The molecule has 1 heterocycles. The van der Waals surface area contributed by atoms with Gasteiger partial charge in [-0.2, -0.15) is 0 Å². The van der Waals surface area contributed by atoms with Gasteiger partial charge in [-0.05, 0) is 49.2 Å². The Bertz CT molecular complexity index is 853. The van der Waals surface area contributed by atoms with E-state index < -0.39 is 17.5 Å². The fraction of sp³-hybridized carbons (Fsp3) is 0.300. The van der Waals surface area contributed by atoms with Crippen LogP contribution in [0, 0.1) is 11.6 Å². The molecule has 0 aromatic heterocycles. The number of nitrogens with zero attached hydrogens (tertiary/aromatic N) is 1. The van der Waals surface area contributed by atoms with Crippen LogP contribution in [0.1, 0.15) is 23.2 Å². The molecule has 0 aliphatic carbocycles. The van der Waals surface area contributed by atoms with Gasteiger partial charge in [0.15, 0.2) is 6.61 Å². The lowest BCUT2D eigenvalue weighted by atomic mass is 10.0. The molecule has 28 heavy (non-hydrogen) atoms. The molecule has 0 atom stereocenters. The quantitative estimate of drug-likeness (QED) is 0.824. The maximum Gasteiger partial charge on any atom is 0.258 e. The van der Waals surface area contributed by atoms with Gasteiger partial charge in [0, 0.05) is 30.2 Å². The zero-order valence-corrected chi connectivity index (χ0v) is 15.7. The summed E-state index contributed by atoms with van der Waals surface area (Å²) in [4.78, 5) is 25.9. The Labute approximate surface area is 166 Å². The SMILES string of the molecule is O=C(COc1ccc(Cl)cc1)NC1CCN(C(=O)c2ccc(F)cc2F)CC1. The van der Waals surface area contributed by atoms with Gasteiger partial charge in [-0.25, -0.2) is 8.78 Å². The highest BCUT2D eigenvalue weighted by atomic mass is 35.5. The largest absolute Gasteiger partial charge is 0.484 e. The number of nitrogens with one attached hydrogen (secondary N) is 1. The number of likely N-dealkylation sites (tertiary alicyclic amines) is 1. The third-order valence-corrected chi connectivity index (χ3v) is 4.74. The Balaban J connectivity index is 1.45. The van der Waals surface area contributed by atoms with Gasteiger partial charge in [0.25, 0.3) is 11.8 Å². The second kappa shape index (κ2) is 9.01. The molecule has 1 aliphatic heterocycles. The summed E-state index contributed by atoms with van der Waals surface area (Å²) in [6, 6.07) is 9.50. The molecule has 2 amide bonds. The summed E-state index contributed by atoms with van der Waals surface area (Å²) in [5, 5.41) is 3.45. The van der Waals surface area contributed by atoms with Crippen molar-refractivity contribution in [1.29, 1.82) is 0 Å². The maximum absolute atomic E-state index is 13.8. The Morgan fingerprint density at radius 2 is 1.79 bits per heavy atom. The molecule has 1 fully saturated rings. The third kappa shape index (κ3) is 5.19. The molecule has 3 rings (SSSR count). The molecule has 0 unspecified atom stereocenters. The van der Waals surface area contributed by atoms with Crippen LogP contribution < -0.4 is 10.1 Å². The highest BCUT2D eigenvalue weighted by Gasteiger charge is 2.26. The van der Waals surface area contributed by atoms with Crippen LogP contribution in [0.25, 0.3) is 0 Å². The fourth-order valence-corrected chi connectivity index (χ4v) is 3.14. The van der Waals surface area contributed by atoms with Gasteiger partial charge >= 0.3 is 0 Å². The Morgan fingerprint density at radius 3 is 2.43 bits per heavy atom. The van der Waals surface area contributed by atoms with Gasteiger partial charge in [-0.3, -0.25) is 9.59 Å². The molecular weight excluding hydrogens is 390 g/mol. The summed E-state index contributed by atoms with van der Waals surface area (Å²) in [5.74, 6) is -1.80. The predicted octanol–water partition coefficient (Wildman–Crippen LogP) is 3.42. The lowest BCUT2D eigenvalue weighted by Crippen LogP contribution is -2.47. The zero-order chi connectivity index (χ0) is 20.1. The lowest BCUT2D eigenvalue weighted by molar-refractivity contribution is -0.124. The fourth-order valence-electron chi connectivity index (χ4n) is 3.01. The molecule has 0 radical (unpaired) electrons. The van der Waals surface area contributed by atoms with Crippen molar-refractivity contribution in [3.8, 4) is 5.75 Å². The van der Waals surface area contributed by atoms with Crippen molar-refractivity contribution in [2.75, 3.05) is 19.7 Å². The van der Waals surface area contributed by atoms with Crippen molar-refractivity contribution in [3.05, 3.63) is 64.7 Å². The summed E-state index contributed by atoms with van der Waals surface area (Å²) in [6.07, 6.45) is 1.09. The Kier molecular flexibility index (Phi) is 6.46. The van der Waals surface area contributed by atoms with Gasteiger partial charge in [-0.1, -0.05) is 11.6 Å². The van der Waals surface area contributed by atoms with Crippen LogP contribution in [-0.2, 0) is 4.79 Å². The number of piperidine rings is 1. The Hall–Kier alpha value is -2.67. The molecule has 8 heteroatoms. The van der Waals surface area contributed by atoms with E-state index in [9.17, 15) is 18.4 Å². The molecule has 0 saturated carbocycles. The van der Waals surface area contributed by atoms with Crippen LogP contribution in [0.2, 0.25) is 5.02 Å². The second-order valence-corrected chi connectivity index (χ2v) is 6.94. The number of rotatable bonds is 5. The van der Waals surface area contributed by atoms with Crippen molar-refractivity contribution in [1.82, 2.24) is 10.2 Å². The van der Waals surface area contributed by atoms with Crippen LogP contribution in [0.5, 0.6) is 5.75 Å². The molecule has 0 bridgehead atoms. The van der Waals surface area contributed by atoms with Crippen LogP contribution >= 0.6 is 11.6 Å². The summed E-state index contributed by atoms with van der Waals surface area (Å²) >= 11 is 5.79. The van der Waals surface area contributed by atoms with Gasteiger partial charge in [0.1, 0.15) is 17.4 Å². The molecule has 1 saturated heterocycles. The maximum atomic E-state index is 13.8. The summed E-state index contributed by atoms with van der Waals surface area (Å²) in [7, 11) is 0. The molecule has 148 valence electrons. The van der Waals surface area contributed by atoms with E-state index >= 15 is 0 Å². The van der Waals surface area contributed by atoms with E-state index in [0.717, 1.165) is 12.1 Å². The van der Waals surface area contributed by atoms with Crippen molar-refractivity contribution in [2.24, 2.45) is 0 Å². The minimum atomic E-state index is -0.875. The average molecular weight is 409 g/mol. The number of carbonyl (C=O) groups is 2. The standard InChI is InChI=1S/C20H19ClF2N2O3/c21-13-1-4-16(5-2-13)28-12-19(26)24-15-7-9-25(10-8-15)20(27)17-6-3-14(22)11-18(17)23/h1-6,11,15H,7-10,12H2,(H,24,26). The number of carbonyl (C=O) groups excluding carboxylic acids is 2. The van der Waals surface area contributed by atoms with E-state index in [4.69, 9.17) is 16.3 Å². The van der Waals surface area contributed by atoms with E-state index in [1.165, 1.54) is 4.90 Å².